The van der Waals surface area contributed by atoms with Gasteiger partial charge in [0.2, 0.25) is 5.91 Å². The number of carbonyl (C=O) groups excluding carboxylic acids is 1. The molecular weight excluding hydrogens is 320 g/mol. The molecule has 2 rings (SSSR count). The fourth-order valence-corrected chi connectivity index (χ4v) is 2.10. The van der Waals surface area contributed by atoms with Crippen molar-refractivity contribution < 1.29 is 14.5 Å². The highest BCUT2D eigenvalue weighted by Crippen LogP contribution is 2.26. The lowest BCUT2D eigenvalue weighted by atomic mass is 10.2. The van der Waals surface area contributed by atoms with Crippen LogP contribution in [-0.2, 0) is 4.79 Å². The molecule has 0 bridgehead atoms. The number of para-hydroxylation sites is 3. The van der Waals surface area contributed by atoms with Gasteiger partial charge in [0.05, 0.1) is 22.2 Å². The van der Waals surface area contributed by atoms with Crippen molar-refractivity contribution in [2.75, 3.05) is 11.9 Å². The molecule has 0 aliphatic carbocycles. The summed E-state index contributed by atoms with van der Waals surface area (Å²) in [6.45, 7) is 0.209. The Balaban J connectivity index is 1.79. The number of anilines is 1. The molecule has 2 aromatic carbocycles. The first kappa shape index (κ1) is 16.8. The number of halogens is 1. The van der Waals surface area contributed by atoms with Crippen molar-refractivity contribution in [3.8, 4) is 5.75 Å². The molecule has 7 heteroatoms. The van der Waals surface area contributed by atoms with Crippen molar-refractivity contribution >= 4 is 28.9 Å². The van der Waals surface area contributed by atoms with E-state index in [1.165, 1.54) is 12.1 Å². The van der Waals surface area contributed by atoms with E-state index in [0.717, 1.165) is 0 Å². The van der Waals surface area contributed by atoms with E-state index in [4.69, 9.17) is 16.3 Å². The molecule has 0 aromatic heterocycles. The predicted molar refractivity (Wildman–Crippen MR) is 87.9 cm³/mol. The lowest BCUT2D eigenvalue weighted by molar-refractivity contribution is -0.385. The molecule has 0 saturated heterocycles. The molecule has 0 saturated carbocycles. The van der Waals surface area contributed by atoms with Crippen LogP contribution < -0.4 is 10.1 Å². The van der Waals surface area contributed by atoms with E-state index in [2.05, 4.69) is 5.32 Å². The zero-order chi connectivity index (χ0) is 16.7. The van der Waals surface area contributed by atoms with Gasteiger partial charge in [-0.15, -0.1) is 0 Å². The number of amides is 1. The van der Waals surface area contributed by atoms with Crippen LogP contribution >= 0.6 is 11.6 Å². The Morgan fingerprint density at radius 3 is 2.61 bits per heavy atom. The van der Waals surface area contributed by atoms with Gasteiger partial charge < -0.3 is 10.1 Å². The van der Waals surface area contributed by atoms with Crippen molar-refractivity contribution in [3.05, 3.63) is 63.7 Å². The van der Waals surface area contributed by atoms with Gasteiger partial charge in [-0.3, -0.25) is 14.9 Å². The Kier molecular flexibility index (Phi) is 5.94. The number of ether oxygens (including phenoxy) is 1. The molecule has 0 radical (unpaired) electrons. The van der Waals surface area contributed by atoms with E-state index in [-0.39, 0.29) is 30.4 Å². The van der Waals surface area contributed by atoms with E-state index >= 15 is 0 Å². The molecule has 0 aliphatic rings. The second-order valence-corrected chi connectivity index (χ2v) is 5.11. The van der Waals surface area contributed by atoms with Crippen molar-refractivity contribution in [1.29, 1.82) is 0 Å². The zero-order valence-corrected chi connectivity index (χ0v) is 13.0. The molecule has 0 unspecified atom stereocenters. The molecule has 6 nitrogen and oxygen atoms in total. The van der Waals surface area contributed by atoms with Crippen LogP contribution in [0.1, 0.15) is 12.8 Å². The fourth-order valence-electron chi connectivity index (χ4n) is 1.92. The van der Waals surface area contributed by atoms with Crippen molar-refractivity contribution in [2.45, 2.75) is 12.8 Å². The molecule has 1 N–H and O–H groups in total. The van der Waals surface area contributed by atoms with Crippen molar-refractivity contribution in [3.63, 3.8) is 0 Å². The smallest absolute Gasteiger partial charge is 0.310 e. The SMILES string of the molecule is O=C(CCCOc1ccccc1[N+](=O)[O-])Nc1ccccc1Cl. The van der Waals surface area contributed by atoms with Crippen molar-refractivity contribution in [1.82, 2.24) is 0 Å². The molecule has 120 valence electrons. The van der Waals surface area contributed by atoms with Crippen LogP contribution in [0.2, 0.25) is 5.02 Å². The fraction of sp³-hybridized carbons (Fsp3) is 0.188. The average Bonchev–Trinajstić information content (AvgIpc) is 2.54. The number of rotatable bonds is 7. The van der Waals surface area contributed by atoms with E-state index in [0.29, 0.717) is 17.1 Å². The maximum atomic E-state index is 11.8. The van der Waals surface area contributed by atoms with E-state index < -0.39 is 4.92 Å². The van der Waals surface area contributed by atoms with E-state index in [1.54, 1.807) is 36.4 Å². The lowest BCUT2D eigenvalue weighted by Gasteiger charge is -2.08. The monoisotopic (exact) mass is 334 g/mol. The third-order valence-corrected chi connectivity index (χ3v) is 3.35. The highest BCUT2D eigenvalue weighted by atomic mass is 35.5. The van der Waals surface area contributed by atoms with Crippen LogP contribution in [0.5, 0.6) is 5.75 Å². The van der Waals surface area contributed by atoms with Crippen LogP contribution in [0.15, 0.2) is 48.5 Å². The number of hydrogen-bond acceptors (Lipinski definition) is 4. The summed E-state index contributed by atoms with van der Waals surface area (Å²) < 4.78 is 5.38. The van der Waals surface area contributed by atoms with Gasteiger partial charge in [-0.25, -0.2) is 0 Å². The van der Waals surface area contributed by atoms with Crippen molar-refractivity contribution in [2.24, 2.45) is 0 Å². The van der Waals surface area contributed by atoms with E-state index in [1.807, 2.05) is 0 Å². The normalized spacial score (nSPS) is 10.1. The number of hydrogen-bond donors (Lipinski definition) is 1. The summed E-state index contributed by atoms with van der Waals surface area (Å²) in [5.74, 6) is 0.00766. The standard InChI is InChI=1S/C16H15ClN2O4/c17-12-6-1-2-7-13(12)18-16(20)10-5-11-23-15-9-4-3-8-14(15)19(21)22/h1-4,6-9H,5,10-11H2,(H,18,20). The van der Waals surface area contributed by atoms with Gasteiger partial charge in [0.15, 0.2) is 5.75 Å². The second kappa shape index (κ2) is 8.14. The number of nitro benzene ring substituents is 1. The quantitative estimate of drug-likeness (QED) is 0.470. The van der Waals surface area contributed by atoms with Gasteiger partial charge in [-0.2, -0.15) is 0 Å². The summed E-state index contributed by atoms with van der Waals surface area (Å²) in [5.41, 5.74) is 0.465. The first-order valence-corrected chi connectivity index (χ1v) is 7.36. The maximum absolute atomic E-state index is 11.8. The summed E-state index contributed by atoms with van der Waals surface area (Å²) in [6.07, 6.45) is 0.661. The first-order chi connectivity index (χ1) is 11.1. The zero-order valence-electron chi connectivity index (χ0n) is 12.2. The van der Waals surface area contributed by atoms with Crippen LogP contribution in [-0.4, -0.2) is 17.4 Å². The van der Waals surface area contributed by atoms with Crippen LogP contribution in [0, 0.1) is 10.1 Å². The molecule has 0 spiro atoms. The summed E-state index contributed by atoms with van der Waals surface area (Å²) in [5, 5.41) is 14.0. The molecule has 2 aromatic rings. The minimum atomic E-state index is -0.501. The predicted octanol–water partition coefficient (Wildman–Crippen LogP) is 4.05. The summed E-state index contributed by atoms with van der Waals surface area (Å²) in [7, 11) is 0. The third-order valence-electron chi connectivity index (χ3n) is 3.02. The first-order valence-electron chi connectivity index (χ1n) is 6.98. The number of benzene rings is 2. The Morgan fingerprint density at radius 2 is 1.87 bits per heavy atom. The summed E-state index contributed by atoms with van der Waals surface area (Å²) in [4.78, 5) is 22.2. The minimum absolute atomic E-state index is 0.0898. The molecular formula is C16H15ClN2O4. The average molecular weight is 335 g/mol. The Labute approximate surface area is 138 Å². The lowest BCUT2D eigenvalue weighted by Crippen LogP contribution is -2.13. The van der Waals surface area contributed by atoms with Gasteiger partial charge >= 0.3 is 5.69 Å². The Morgan fingerprint density at radius 1 is 1.17 bits per heavy atom. The van der Waals surface area contributed by atoms with Crippen LogP contribution in [0.25, 0.3) is 0 Å². The van der Waals surface area contributed by atoms with E-state index in [9.17, 15) is 14.9 Å². The highest BCUT2D eigenvalue weighted by Gasteiger charge is 2.13. The minimum Gasteiger partial charge on any atom is -0.487 e. The largest absolute Gasteiger partial charge is 0.487 e. The van der Waals surface area contributed by atoms with Gasteiger partial charge in [0, 0.05) is 12.5 Å². The van der Waals surface area contributed by atoms with Gasteiger partial charge in [-0.05, 0) is 24.6 Å². The summed E-state index contributed by atoms with van der Waals surface area (Å²) in [6, 6.07) is 13.1. The van der Waals surface area contributed by atoms with Gasteiger partial charge in [-0.1, -0.05) is 35.9 Å². The number of nitrogens with zero attached hydrogens (tertiary/aromatic N) is 1. The Bertz CT molecular complexity index is 706. The van der Waals surface area contributed by atoms with Gasteiger partial charge in [0.25, 0.3) is 0 Å². The molecule has 23 heavy (non-hydrogen) atoms. The molecule has 0 aliphatic heterocycles. The highest BCUT2D eigenvalue weighted by molar-refractivity contribution is 6.33. The molecule has 1 amide bonds. The molecule has 0 fully saturated rings. The molecule has 0 heterocycles. The second-order valence-electron chi connectivity index (χ2n) is 4.70. The maximum Gasteiger partial charge on any atom is 0.310 e. The number of nitro groups is 1. The Hall–Kier alpha value is -2.60. The number of carbonyl (C=O) groups is 1. The van der Waals surface area contributed by atoms with Crippen LogP contribution in [0.3, 0.4) is 0 Å². The van der Waals surface area contributed by atoms with Gasteiger partial charge in [0.1, 0.15) is 0 Å². The summed E-state index contributed by atoms with van der Waals surface area (Å²) >= 11 is 5.95. The topological polar surface area (TPSA) is 81.5 Å². The van der Waals surface area contributed by atoms with Crippen LogP contribution in [0.4, 0.5) is 11.4 Å². The molecule has 0 atom stereocenters. The number of nitrogens with one attached hydrogen (secondary N) is 1. The third kappa shape index (κ3) is 4.96.